The summed E-state index contributed by atoms with van der Waals surface area (Å²) in [6.45, 7) is 0.735. The van der Waals surface area contributed by atoms with Gasteiger partial charge in [0.1, 0.15) is 0 Å². The maximum absolute atomic E-state index is 12.1. The van der Waals surface area contributed by atoms with Crippen molar-refractivity contribution in [2.24, 2.45) is 17.8 Å². The second-order valence-electron chi connectivity index (χ2n) is 5.68. The molecule has 1 aromatic rings. The first kappa shape index (κ1) is 11.7. The predicted molar refractivity (Wildman–Crippen MR) is 69.9 cm³/mol. The quantitative estimate of drug-likeness (QED) is 0.882. The molecule has 2 saturated carbocycles. The van der Waals surface area contributed by atoms with Crippen molar-refractivity contribution in [1.82, 2.24) is 10.3 Å². The highest BCUT2D eigenvalue weighted by Crippen LogP contribution is 2.48. The molecule has 3 atom stereocenters. The lowest BCUT2D eigenvalue weighted by atomic mass is 9.88. The van der Waals surface area contributed by atoms with E-state index in [0.29, 0.717) is 11.8 Å². The maximum Gasteiger partial charge on any atom is 0.223 e. The van der Waals surface area contributed by atoms with Crippen LogP contribution in [0.25, 0.3) is 0 Å². The predicted octanol–water partition coefficient (Wildman–Crippen LogP) is 2.18. The lowest BCUT2D eigenvalue weighted by molar-refractivity contribution is -0.126. The smallest absolute Gasteiger partial charge is 0.223 e. The Kier molecular flexibility index (Phi) is 3.31. The fourth-order valence-electron chi connectivity index (χ4n) is 3.57. The van der Waals surface area contributed by atoms with Crippen LogP contribution in [0.3, 0.4) is 0 Å². The highest BCUT2D eigenvalue weighted by Gasteiger charge is 2.42. The van der Waals surface area contributed by atoms with E-state index in [1.54, 1.807) is 6.20 Å². The third-order valence-electron chi connectivity index (χ3n) is 4.51. The van der Waals surface area contributed by atoms with Gasteiger partial charge >= 0.3 is 0 Å². The van der Waals surface area contributed by atoms with E-state index in [-0.39, 0.29) is 5.91 Å². The van der Waals surface area contributed by atoms with Gasteiger partial charge < -0.3 is 5.32 Å². The fraction of sp³-hybridized carbons (Fsp3) is 0.600. The number of carbonyl (C=O) groups excluding carboxylic acids is 1. The Morgan fingerprint density at radius 1 is 1.39 bits per heavy atom. The van der Waals surface area contributed by atoms with Crippen LogP contribution in [0, 0.1) is 17.8 Å². The van der Waals surface area contributed by atoms with Gasteiger partial charge in [-0.3, -0.25) is 9.78 Å². The number of nitrogens with zero attached hydrogens (tertiary/aromatic N) is 1. The van der Waals surface area contributed by atoms with Gasteiger partial charge in [0.15, 0.2) is 0 Å². The van der Waals surface area contributed by atoms with Gasteiger partial charge in [-0.15, -0.1) is 0 Å². The molecule has 3 heteroatoms. The normalized spacial score (nSPS) is 29.4. The number of carbonyl (C=O) groups is 1. The van der Waals surface area contributed by atoms with E-state index >= 15 is 0 Å². The molecule has 1 N–H and O–H groups in total. The zero-order valence-electron chi connectivity index (χ0n) is 10.6. The van der Waals surface area contributed by atoms with Crippen LogP contribution in [0.1, 0.15) is 31.2 Å². The minimum Gasteiger partial charge on any atom is -0.356 e. The van der Waals surface area contributed by atoms with Gasteiger partial charge in [-0.2, -0.15) is 0 Å². The van der Waals surface area contributed by atoms with E-state index in [1.165, 1.54) is 24.8 Å². The van der Waals surface area contributed by atoms with E-state index in [2.05, 4.69) is 16.4 Å². The summed E-state index contributed by atoms with van der Waals surface area (Å²) in [7, 11) is 0. The summed E-state index contributed by atoms with van der Waals surface area (Å²) in [6, 6.07) is 3.99. The molecule has 3 rings (SSSR count). The van der Waals surface area contributed by atoms with Crippen molar-refractivity contribution in [1.29, 1.82) is 0 Å². The second-order valence-corrected chi connectivity index (χ2v) is 5.68. The van der Waals surface area contributed by atoms with Gasteiger partial charge in [0, 0.05) is 24.9 Å². The molecular formula is C15H20N2O. The molecule has 0 saturated heterocycles. The molecule has 0 aromatic carbocycles. The number of fused-ring (bicyclic) bond motifs is 2. The third kappa shape index (κ3) is 2.40. The molecular weight excluding hydrogens is 224 g/mol. The summed E-state index contributed by atoms with van der Waals surface area (Å²) in [6.07, 6.45) is 9.56. The van der Waals surface area contributed by atoms with Crippen molar-refractivity contribution in [3.63, 3.8) is 0 Å². The molecule has 18 heavy (non-hydrogen) atoms. The summed E-state index contributed by atoms with van der Waals surface area (Å²) in [4.78, 5) is 16.2. The molecule has 2 aliphatic rings. The van der Waals surface area contributed by atoms with Gasteiger partial charge in [0.05, 0.1) is 0 Å². The zero-order valence-corrected chi connectivity index (χ0v) is 10.6. The number of rotatable bonds is 4. The third-order valence-corrected chi connectivity index (χ3v) is 4.51. The summed E-state index contributed by atoms with van der Waals surface area (Å²) >= 11 is 0. The lowest BCUT2D eigenvalue weighted by Crippen LogP contribution is -2.34. The van der Waals surface area contributed by atoms with Gasteiger partial charge in [-0.1, -0.05) is 12.5 Å². The minimum atomic E-state index is 0.283. The largest absolute Gasteiger partial charge is 0.356 e. The van der Waals surface area contributed by atoms with Crippen LogP contribution in [0.4, 0.5) is 0 Å². The number of hydrogen-bond acceptors (Lipinski definition) is 2. The van der Waals surface area contributed by atoms with Crippen LogP contribution in [0.2, 0.25) is 0 Å². The zero-order chi connectivity index (χ0) is 12.4. The van der Waals surface area contributed by atoms with Crippen LogP contribution < -0.4 is 5.32 Å². The van der Waals surface area contributed by atoms with E-state index in [4.69, 9.17) is 0 Å². The van der Waals surface area contributed by atoms with Crippen molar-refractivity contribution in [3.8, 4) is 0 Å². The Hall–Kier alpha value is -1.38. The molecule has 0 unspecified atom stereocenters. The van der Waals surface area contributed by atoms with Crippen LogP contribution in [-0.4, -0.2) is 17.4 Å². The molecule has 1 aromatic heterocycles. The summed E-state index contributed by atoms with van der Waals surface area (Å²) < 4.78 is 0. The summed E-state index contributed by atoms with van der Waals surface area (Å²) in [5.74, 6) is 2.10. The SMILES string of the molecule is O=C(NCCc1cccnc1)[C@H]1C[C@H]2CC[C@H]1C2. The van der Waals surface area contributed by atoms with Crippen molar-refractivity contribution >= 4 is 5.91 Å². The van der Waals surface area contributed by atoms with Crippen LogP contribution >= 0.6 is 0 Å². The monoisotopic (exact) mass is 244 g/mol. The average molecular weight is 244 g/mol. The second kappa shape index (κ2) is 5.09. The molecule has 3 nitrogen and oxygen atoms in total. The first-order chi connectivity index (χ1) is 8.83. The van der Waals surface area contributed by atoms with E-state index in [0.717, 1.165) is 25.3 Å². The van der Waals surface area contributed by atoms with Crippen LogP contribution in [0.5, 0.6) is 0 Å². The number of nitrogens with one attached hydrogen (secondary N) is 1. The molecule has 0 radical (unpaired) electrons. The maximum atomic E-state index is 12.1. The molecule has 0 aliphatic heterocycles. The van der Waals surface area contributed by atoms with Crippen LogP contribution in [-0.2, 0) is 11.2 Å². The number of pyridine rings is 1. The highest BCUT2D eigenvalue weighted by atomic mass is 16.1. The Labute approximate surface area is 108 Å². The van der Waals surface area contributed by atoms with E-state index in [9.17, 15) is 4.79 Å². The summed E-state index contributed by atoms with van der Waals surface area (Å²) in [5.41, 5.74) is 1.19. The average Bonchev–Trinajstić information content (AvgIpc) is 3.02. The highest BCUT2D eigenvalue weighted by molar-refractivity contribution is 5.79. The van der Waals surface area contributed by atoms with Gasteiger partial charge in [0.2, 0.25) is 5.91 Å². The number of hydrogen-bond donors (Lipinski definition) is 1. The number of aromatic nitrogens is 1. The molecule has 1 amide bonds. The molecule has 1 heterocycles. The van der Waals surface area contributed by atoms with Crippen molar-refractivity contribution in [2.75, 3.05) is 6.54 Å². The molecule has 2 bridgehead atoms. The first-order valence-corrected chi connectivity index (χ1v) is 6.99. The minimum absolute atomic E-state index is 0.283. The van der Waals surface area contributed by atoms with Crippen molar-refractivity contribution in [2.45, 2.75) is 32.1 Å². The van der Waals surface area contributed by atoms with Gasteiger partial charge in [0.25, 0.3) is 0 Å². The number of amides is 1. The van der Waals surface area contributed by atoms with Crippen molar-refractivity contribution in [3.05, 3.63) is 30.1 Å². The van der Waals surface area contributed by atoms with E-state index in [1.807, 2.05) is 12.3 Å². The van der Waals surface area contributed by atoms with Crippen LogP contribution in [0.15, 0.2) is 24.5 Å². The molecule has 96 valence electrons. The Morgan fingerprint density at radius 3 is 3.00 bits per heavy atom. The van der Waals surface area contributed by atoms with Gasteiger partial charge in [-0.25, -0.2) is 0 Å². The topological polar surface area (TPSA) is 42.0 Å². The Balaban J connectivity index is 1.45. The first-order valence-electron chi connectivity index (χ1n) is 6.99. The Morgan fingerprint density at radius 2 is 2.33 bits per heavy atom. The molecule has 2 aliphatic carbocycles. The lowest BCUT2D eigenvalue weighted by Gasteiger charge is -2.20. The van der Waals surface area contributed by atoms with Gasteiger partial charge in [-0.05, 0) is 49.1 Å². The van der Waals surface area contributed by atoms with E-state index < -0.39 is 0 Å². The Bertz CT molecular complexity index is 418. The molecule has 0 spiro atoms. The fourth-order valence-corrected chi connectivity index (χ4v) is 3.57. The molecule has 2 fully saturated rings. The summed E-state index contributed by atoms with van der Waals surface area (Å²) in [5, 5.41) is 3.09. The van der Waals surface area contributed by atoms with Crippen molar-refractivity contribution < 1.29 is 4.79 Å². The standard InChI is InChI=1S/C15H20N2O/c18-15(14-9-12-3-4-13(14)8-12)17-7-5-11-2-1-6-16-10-11/h1-2,6,10,12-14H,3-5,7-9H2,(H,17,18)/t12-,13-,14-/m0/s1.